The van der Waals surface area contributed by atoms with E-state index >= 15 is 0 Å². The molecule has 0 aliphatic heterocycles. The number of hydrogen-bond donors (Lipinski definition) is 3. The Bertz CT molecular complexity index is 495. The second kappa shape index (κ2) is 8.76. The maximum absolute atomic E-state index is 11.5. The lowest BCUT2D eigenvalue weighted by Gasteiger charge is -2.05. The number of aliphatic hydroxyl groups is 1. The molecule has 6 nitrogen and oxygen atoms in total. The van der Waals surface area contributed by atoms with E-state index in [0.29, 0.717) is 6.61 Å². The van der Waals surface area contributed by atoms with Crippen LogP contribution >= 0.6 is 0 Å². The van der Waals surface area contributed by atoms with Crippen molar-refractivity contribution in [3.8, 4) is 5.75 Å². The molecule has 0 bridgehead atoms. The average molecular weight is 293 g/mol. The molecular weight excluding hydrogens is 274 g/mol. The third-order valence-corrected chi connectivity index (χ3v) is 2.62. The summed E-state index contributed by atoms with van der Waals surface area (Å²) in [7, 11) is 0. The molecule has 0 unspecified atom stereocenters. The molecule has 0 aliphatic rings. The van der Waals surface area contributed by atoms with E-state index in [9.17, 15) is 9.59 Å². The summed E-state index contributed by atoms with van der Waals surface area (Å²) in [5, 5.41) is 20.0. The van der Waals surface area contributed by atoms with Crippen LogP contribution in [0.25, 0.3) is 6.08 Å². The van der Waals surface area contributed by atoms with E-state index in [1.807, 2.05) is 31.2 Å². The Labute approximate surface area is 123 Å². The lowest BCUT2D eigenvalue weighted by atomic mass is 10.2. The summed E-state index contributed by atoms with van der Waals surface area (Å²) >= 11 is 0. The van der Waals surface area contributed by atoms with Gasteiger partial charge in [0, 0.05) is 19.0 Å². The topological polar surface area (TPSA) is 95.9 Å². The molecule has 1 aromatic rings. The number of benzene rings is 1. The smallest absolute Gasteiger partial charge is 0.332 e. The molecule has 114 valence electrons. The van der Waals surface area contributed by atoms with Crippen molar-refractivity contribution in [1.82, 2.24) is 5.32 Å². The standard InChI is InChI=1S/C15H19NO5/c1-2-21-12-6-3-11(4-7-12)5-8-14(18)16-10-9-13(17)15(19)20/h3-8,13,17H,2,9-10H2,1H3,(H,16,18)(H,19,20)/b8-5+/t13-/m0/s1. The number of hydrogen-bond acceptors (Lipinski definition) is 4. The van der Waals surface area contributed by atoms with Crippen LogP contribution in [0.1, 0.15) is 18.9 Å². The van der Waals surface area contributed by atoms with Gasteiger partial charge in [0.25, 0.3) is 0 Å². The fourth-order valence-corrected chi connectivity index (χ4v) is 1.53. The highest BCUT2D eigenvalue weighted by atomic mass is 16.5. The maximum atomic E-state index is 11.5. The Morgan fingerprint density at radius 1 is 1.33 bits per heavy atom. The van der Waals surface area contributed by atoms with Crippen molar-refractivity contribution in [2.75, 3.05) is 13.2 Å². The van der Waals surface area contributed by atoms with Gasteiger partial charge < -0.3 is 20.3 Å². The summed E-state index contributed by atoms with van der Waals surface area (Å²) in [6.07, 6.45) is 1.50. The third-order valence-electron chi connectivity index (χ3n) is 2.62. The van der Waals surface area contributed by atoms with Crippen LogP contribution in [0.4, 0.5) is 0 Å². The first kappa shape index (κ1) is 16.7. The van der Waals surface area contributed by atoms with E-state index in [-0.39, 0.29) is 18.9 Å². The van der Waals surface area contributed by atoms with Crippen LogP contribution < -0.4 is 10.1 Å². The molecule has 1 rings (SSSR count). The molecule has 0 saturated heterocycles. The number of ether oxygens (including phenoxy) is 1. The van der Waals surface area contributed by atoms with Crippen LogP contribution in [0.3, 0.4) is 0 Å². The van der Waals surface area contributed by atoms with Gasteiger partial charge in [0.2, 0.25) is 5.91 Å². The van der Waals surface area contributed by atoms with Crippen molar-refractivity contribution in [3.05, 3.63) is 35.9 Å². The molecule has 0 radical (unpaired) electrons. The van der Waals surface area contributed by atoms with Gasteiger partial charge in [0.05, 0.1) is 6.61 Å². The zero-order chi connectivity index (χ0) is 15.7. The fraction of sp³-hybridized carbons (Fsp3) is 0.333. The lowest BCUT2D eigenvalue weighted by molar-refractivity contribution is -0.147. The fourth-order valence-electron chi connectivity index (χ4n) is 1.53. The third kappa shape index (κ3) is 6.58. The largest absolute Gasteiger partial charge is 0.494 e. The van der Waals surface area contributed by atoms with Crippen LogP contribution in [-0.4, -0.2) is 41.3 Å². The summed E-state index contributed by atoms with van der Waals surface area (Å²) in [5.41, 5.74) is 0.846. The predicted octanol–water partition coefficient (Wildman–Crippen LogP) is 1.05. The monoisotopic (exact) mass is 293 g/mol. The second-order valence-corrected chi connectivity index (χ2v) is 4.27. The summed E-state index contributed by atoms with van der Waals surface area (Å²) in [6, 6.07) is 7.26. The number of rotatable bonds is 8. The summed E-state index contributed by atoms with van der Waals surface area (Å²) in [5.74, 6) is -0.877. The predicted molar refractivity (Wildman–Crippen MR) is 77.9 cm³/mol. The first-order chi connectivity index (χ1) is 10.0. The van der Waals surface area contributed by atoms with Crippen molar-refractivity contribution in [2.45, 2.75) is 19.4 Å². The minimum atomic E-state index is -1.46. The number of carbonyl (C=O) groups is 2. The van der Waals surface area contributed by atoms with Gasteiger partial charge in [-0.05, 0) is 30.7 Å². The number of aliphatic carboxylic acids is 1. The zero-order valence-electron chi connectivity index (χ0n) is 11.8. The molecule has 0 aromatic heterocycles. The molecular formula is C15H19NO5. The molecule has 3 N–H and O–H groups in total. The number of nitrogens with one attached hydrogen (secondary N) is 1. The van der Waals surface area contributed by atoms with Gasteiger partial charge in [0.15, 0.2) is 6.10 Å². The molecule has 0 fully saturated rings. The van der Waals surface area contributed by atoms with E-state index in [2.05, 4.69) is 5.32 Å². The van der Waals surface area contributed by atoms with Gasteiger partial charge in [-0.1, -0.05) is 12.1 Å². The minimum absolute atomic E-state index is 0.0298. The van der Waals surface area contributed by atoms with Gasteiger partial charge in [-0.3, -0.25) is 4.79 Å². The Morgan fingerprint density at radius 3 is 2.57 bits per heavy atom. The number of carboxylic acids is 1. The first-order valence-electron chi connectivity index (χ1n) is 6.62. The average Bonchev–Trinajstić information content (AvgIpc) is 2.46. The maximum Gasteiger partial charge on any atom is 0.332 e. The van der Waals surface area contributed by atoms with Gasteiger partial charge >= 0.3 is 5.97 Å². The normalized spacial score (nSPS) is 12.1. The molecule has 1 amide bonds. The van der Waals surface area contributed by atoms with Gasteiger partial charge in [-0.15, -0.1) is 0 Å². The molecule has 0 aliphatic carbocycles. The van der Waals surface area contributed by atoms with Gasteiger partial charge in [-0.2, -0.15) is 0 Å². The van der Waals surface area contributed by atoms with E-state index in [4.69, 9.17) is 14.9 Å². The molecule has 21 heavy (non-hydrogen) atoms. The Morgan fingerprint density at radius 2 is 2.00 bits per heavy atom. The summed E-state index contributed by atoms with van der Waals surface area (Å²) < 4.78 is 5.31. The minimum Gasteiger partial charge on any atom is -0.494 e. The van der Waals surface area contributed by atoms with Crippen LogP contribution in [0.2, 0.25) is 0 Å². The van der Waals surface area contributed by atoms with E-state index in [1.165, 1.54) is 6.08 Å². The highest BCUT2D eigenvalue weighted by molar-refractivity contribution is 5.91. The molecule has 0 spiro atoms. The quantitative estimate of drug-likeness (QED) is 0.623. The van der Waals surface area contributed by atoms with Gasteiger partial charge in [0.1, 0.15) is 5.75 Å². The van der Waals surface area contributed by atoms with Crippen LogP contribution in [0, 0.1) is 0 Å². The summed E-state index contributed by atoms with van der Waals surface area (Å²) in [6.45, 7) is 2.60. The van der Waals surface area contributed by atoms with Crippen LogP contribution in [0.15, 0.2) is 30.3 Å². The zero-order valence-corrected chi connectivity index (χ0v) is 11.8. The number of carboxylic acid groups (broad SMARTS) is 1. The number of aliphatic hydroxyl groups excluding tert-OH is 1. The SMILES string of the molecule is CCOc1ccc(/C=C/C(=O)NCC[C@H](O)C(=O)O)cc1. The molecule has 0 saturated carbocycles. The van der Waals surface area contributed by atoms with Crippen LogP contribution in [-0.2, 0) is 9.59 Å². The van der Waals surface area contributed by atoms with Gasteiger partial charge in [-0.25, -0.2) is 4.79 Å². The van der Waals surface area contributed by atoms with Crippen molar-refractivity contribution < 1.29 is 24.5 Å². The van der Waals surface area contributed by atoms with E-state index in [1.54, 1.807) is 6.08 Å². The Balaban J connectivity index is 2.38. The first-order valence-corrected chi connectivity index (χ1v) is 6.62. The lowest BCUT2D eigenvalue weighted by Crippen LogP contribution is -2.28. The van der Waals surface area contributed by atoms with E-state index in [0.717, 1.165) is 11.3 Å². The number of amides is 1. The van der Waals surface area contributed by atoms with Crippen molar-refractivity contribution in [3.63, 3.8) is 0 Å². The number of carbonyl (C=O) groups excluding carboxylic acids is 1. The molecule has 0 heterocycles. The highest BCUT2D eigenvalue weighted by Crippen LogP contribution is 2.12. The second-order valence-electron chi connectivity index (χ2n) is 4.27. The van der Waals surface area contributed by atoms with Crippen molar-refractivity contribution in [1.29, 1.82) is 0 Å². The Kier molecular flexibility index (Phi) is 6.97. The van der Waals surface area contributed by atoms with Crippen molar-refractivity contribution in [2.24, 2.45) is 0 Å². The summed E-state index contributed by atoms with van der Waals surface area (Å²) in [4.78, 5) is 21.9. The highest BCUT2D eigenvalue weighted by Gasteiger charge is 2.12. The van der Waals surface area contributed by atoms with Crippen molar-refractivity contribution >= 4 is 18.0 Å². The molecule has 1 atom stereocenters. The Hall–Kier alpha value is -2.34. The van der Waals surface area contributed by atoms with Crippen LogP contribution in [0.5, 0.6) is 5.75 Å². The van der Waals surface area contributed by atoms with E-state index < -0.39 is 12.1 Å². The molecule has 6 heteroatoms. The molecule has 1 aromatic carbocycles.